The molecule has 1 aliphatic rings. The van der Waals surface area contributed by atoms with E-state index in [-0.39, 0.29) is 12.3 Å². The summed E-state index contributed by atoms with van der Waals surface area (Å²) in [6.07, 6.45) is 0.790. The summed E-state index contributed by atoms with van der Waals surface area (Å²) in [6.45, 7) is 3.54. The molecule has 1 fully saturated rings. The second-order valence-electron chi connectivity index (χ2n) is 3.97. The third-order valence-electron chi connectivity index (χ3n) is 2.72. The van der Waals surface area contributed by atoms with Crippen LogP contribution in [0.15, 0.2) is 0 Å². The maximum absolute atomic E-state index is 11.7. The number of carbonyl (C=O) groups excluding carboxylic acids is 2. The Labute approximate surface area is 93.8 Å². The van der Waals surface area contributed by atoms with E-state index >= 15 is 0 Å². The lowest BCUT2D eigenvalue weighted by atomic mass is 10.1. The first-order chi connectivity index (χ1) is 7.54. The van der Waals surface area contributed by atoms with E-state index in [2.05, 4.69) is 0 Å². The van der Waals surface area contributed by atoms with Crippen molar-refractivity contribution in [2.75, 3.05) is 26.2 Å². The van der Waals surface area contributed by atoms with Gasteiger partial charge >= 0.3 is 5.97 Å². The van der Waals surface area contributed by atoms with Crippen LogP contribution in [0.1, 0.15) is 13.3 Å². The molecule has 0 saturated carbocycles. The molecule has 1 heterocycles. The molecular weight excluding hydrogens is 212 g/mol. The van der Waals surface area contributed by atoms with Crippen molar-refractivity contribution >= 4 is 18.3 Å². The van der Waals surface area contributed by atoms with Gasteiger partial charge in [-0.25, -0.2) is 0 Å². The van der Waals surface area contributed by atoms with E-state index in [1.807, 2.05) is 0 Å². The van der Waals surface area contributed by atoms with Crippen LogP contribution in [-0.4, -0.2) is 59.4 Å². The first-order valence-corrected chi connectivity index (χ1v) is 5.24. The number of amides is 2. The third-order valence-corrected chi connectivity index (χ3v) is 2.72. The third kappa shape index (κ3) is 3.22. The van der Waals surface area contributed by atoms with Crippen LogP contribution in [-0.2, 0) is 14.4 Å². The summed E-state index contributed by atoms with van der Waals surface area (Å²) in [4.78, 5) is 35.9. The molecule has 0 aromatic rings. The van der Waals surface area contributed by atoms with Crippen molar-refractivity contribution in [1.29, 1.82) is 0 Å². The molecule has 1 unspecified atom stereocenters. The topological polar surface area (TPSA) is 77.9 Å². The Morgan fingerprint density at radius 3 is 2.31 bits per heavy atom. The predicted octanol–water partition coefficient (Wildman–Crippen LogP) is -0.602. The Morgan fingerprint density at radius 2 is 1.88 bits per heavy atom. The number of rotatable bonds is 4. The average molecular weight is 228 g/mol. The molecule has 0 radical (unpaired) electrons. The fourth-order valence-electron chi connectivity index (χ4n) is 1.56. The molecular formula is C10H16N2O4. The minimum Gasteiger partial charge on any atom is -0.481 e. The molecule has 1 aliphatic heterocycles. The SMILES string of the molecule is CC(CC(=O)N1CCN(C=O)CC1)C(=O)O. The summed E-state index contributed by atoms with van der Waals surface area (Å²) < 4.78 is 0. The Hall–Kier alpha value is -1.59. The van der Waals surface area contributed by atoms with Crippen LogP contribution in [0.2, 0.25) is 0 Å². The molecule has 0 aromatic heterocycles. The normalized spacial score (nSPS) is 18.1. The summed E-state index contributed by atoms with van der Waals surface area (Å²) >= 11 is 0. The Bertz CT molecular complexity index is 285. The van der Waals surface area contributed by atoms with Crippen molar-refractivity contribution in [1.82, 2.24) is 9.80 Å². The van der Waals surface area contributed by atoms with Crippen molar-refractivity contribution in [3.8, 4) is 0 Å². The zero-order chi connectivity index (χ0) is 12.1. The highest BCUT2D eigenvalue weighted by Gasteiger charge is 2.23. The van der Waals surface area contributed by atoms with Gasteiger partial charge in [-0.15, -0.1) is 0 Å². The molecule has 6 heteroatoms. The number of nitrogens with zero attached hydrogens (tertiary/aromatic N) is 2. The van der Waals surface area contributed by atoms with Gasteiger partial charge in [-0.05, 0) is 0 Å². The Balaban J connectivity index is 2.39. The molecule has 6 nitrogen and oxygen atoms in total. The lowest BCUT2D eigenvalue weighted by Gasteiger charge is -2.32. The summed E-state index contributed by atoms with van der Waals surface area (Å²) in [5.74, 6) is -1.77. The van der Waals surface area contributed by atoms with E-state index in [0.29, 0.717) is 26.2 Å². The number of piperazine rings is 1. The monoisotopic (exact) mass is 228 g/mol. The maximum Gasteiger partial charge on any atom is 0.306 e. The summed E-state index contributed by atoms with van der Waals surface area (Å²) in [7, 11) is 0. The second-order valence-corrected chi connectivity index (χ2v) is 3.97. The van der Waals surface area contributed by atoms with Gasteiger partial charge in [0, 0.05) is 32.6 Å². The van der Waals surface area contributed by atoms with Gasteiger partial charge in [-0.2, -0.15) is 0 Å². The van der Waals surface area contributed by atoms with Crippen molar-refractivity contribution in [2.45, 2.75) is 13.3 Å². The minimum atomic E-state index is -0.958. The minimum absolute atomic E-state index is 0.0242. The molecule has 0 spiro atoms. The molecule has 0 aliphatic carbocycles. The van der Waals surface area contributed by atoms with E-state index in [9.17, 15) is 14.4 Å². The number of carbonyl (C=O) groups is 3. The van der Waals surface area contributed by atoms with E-state index in [1.165, 1.54) is 6.92 Å². The molecule has 0 bridgehead atoms. The van der Waals surface area contributed by atoms with Gasteiger partial charge in [0.25, 0.3) is 0 Å². The zero-order valence-corrected chi connectivity index (χ0v) is 9.26. The van der Waals surface area contributed by atoms with Gasteiger partial charge in [-0.3, -0.25) is 14.4 Å². The van der Waals surface area contributed by atoms with Crippen LogP contribution < -0.4 is 0 Å². The van der Waals surface area contributed by atoms with Gasteiger partial charge in [0.05, 0.1) is 5.92 Å². The van der Waals surface area contributed by atoms with Crippen molar-refractivity contribution in [3.05, 3.63) is 0 Å². The van der Waals surface area contributed by atoms with Crippen molar-refractivity contribution < 1.29 is 19.5 Å². The highest BCUT2D eigenvalue weighted by atomic mass is 16.4. The fraction of sp³-hybridized carbons (Fsp3) is 0.700. The molecule has 1 saturated heterocycles. The van der Waals surface area contributed by atoms with Crippen LogP contribution in [0, 0.1) is 5.92 Å². The highest BCUT2D eigenvalue weighted by Crippen LogP contribution is 2.08. The molecule has 0 aromatic carbocycles. The van der Waals surface area contributed by atoms with Crippen LogP contribution in [0.3, 0.4) is 0 Å². The molecule has 1 N–H and O–H groups in total. The maximum atomic E-state index is 11.7. The first-order valence-electron chi connectivity index (χ1n) is 5.24. The van der Waals surface area contributed by atoms with E-state index < -0.39 is 11.9 Å². The quantitative estimate of drug-likeness (QED) is 0.652. The molecule has 16 heavy (non-hydrogen) atoms. The highest BCUT2D eigenvalue weighted by molar-refractivity contribution is 5.82. The van der Waals surface area contributed by atoms with Crippen LogP contribution in [0.4, 0.5) is 0 Å². The Morgan fingerprint density at radius 1 is 1.31 bits per heavy atom. The van der Waals surface area contributed by atoms with Gasteiger partial charge in [0.2, 0.25) is 12.3 Å². The lowest BCUT2D eigenvalue weighted by Crippen LogP contribution is -2.48. The van der Waals surface area contributed by atoms with Crippen LogP contribution in [0.5, 0.6) is 0 Å². The fourth-order valence-corrected chi connectivity index (χ4v) is 1.56. The van der Waals surface area contributed by atoms with Crippen LogP contribution >= 0.6 is 0 Å². The van der Waals surface area contributed by atoms with E-state index in [4.69, 9.17) is 5.11 Å². The van der Waals surface area contributed by atoms with Crippen molar-refractivity contribution in [2.24, 2.45) is 5.92 Å². The summed E-state index contributed by atoms with van der Waals surface area (Å²) in [6, 6.07) is 0. The number of aliphatic carboxylic acids is 1. The van der Waals surface area contributed by atoms with Crippen LogP contribution in [0.25, 0.3) is 0 Å². The van der Waals surface area contributed by atoms with Gasteiger partial charge in [0.15, 0.2) is 0 Å². The predicted molar refractivity (Wildman–Crippen MR) is 55.6 cm³/mol. The van der Waals surface area contributed by atoms with Gasteiger partial charge < -0.3 is 14.9 Å². The lowest BCUT2D eigenvalue weighted by molar-refractivity contribution is -0.146. The standard InChI is InChI=1S/C10H16N2O4/c1-8(10(15)16)6-9(14)12-4-2-11(7-13)3-5-12/h7-8H,2-6H2,1H3,(H,15,16). The summed E-state index contributed by atoms with van der Waals surface area (Å²) in [5, 5.41) is 8.68. The second kappa shape index (κ2) is 5.48. The van der Waals surface area contributed by atoms with E-state index in [0.717, 1.165) is 6.41 Å². The molecule has 1 rings (SSSR count). The number of carboxylic acids is 1. The van der Waals surface area contributed by atoms with Crippen molar-refractivity contribution in [3.63, 3.8) is 0 Å². The molecule has 1 atom stereocenters. The summed E-state index contributed by atoms with van der Waals surface area (Å²) in [5.41, 5.74) is 0. The number of hydrogen-bond acceptors (Lipinski definition) is 3. The van der Waals surface area contributed by atoms with Gasteiger partial charge in [0.1, 0.15) is 0 Å². The zero-order valence-electron chi connectivity index (χ0n) is 9.26. The largest absolute Gasteiger partial charge is 0.481 e. The average Bonchev–Trinajstić information content (AvgIpc) is 2.28. The van der Waals surface area contributed by atoms with E-state index in [1.54, 1.807) is 9.80 Å². The van der Waals surface area contributed by atoms with Gasteiger partial charge in [-0.1, -0.05) is 6.92 Å². The smallest absolute Gasteiger partial charge is 0.306 e. The Kier molecular flexibility index (Phi) is 4.28. The molecule has 2 amide bonds. The number of carboxylic acid groups (broad SMARTS) is 1. The number of hydrogen-bond donors (Lipinski definition) is 1. The molecule has 90 valence electrons. The first kappa shape index (κ1) is 12.5.